The fourth-order valence-corrected chi connectivity index (χ4v) is 3.02. The van der Waals surface area contributed by atoms with Crippen LogP contribution in [0.4, 0.5) is 11.5 Å². The molecular weight excluding hydrogens is 304 g/mol. The van der Waals surface area contributed by atoms with E-state index in [2.05, 4.69) is 9.97 Å². The van der Waals surface area contributed by atoms with Crippen molar-refractivity contribution in [3.05, 3.63) is 11.5 Å². The lowest BCUT2D eigenvalue weighted by molar-refractivity contribution is -0.147. The molecule has 1 fully saturated rings. The minimum absolute atomic E-state index is 0.126. The minimum atomic E-state index is -0.855. The molecule has 0 spiro atoms. The van der Waals surface area contributed by atoms with Crippen molar-refractivity contribution < 1.29 is 9.90 Å². The Kier molecular flexibility index (Phi) is 5.11. The Bertz CT molecular complexity index is 548. The maximum atomic E-state index is 11.7. The van der Waals surface area contributed by atoms with E-state index in [1.807, 2.05) is 11.8 Å². The van der Waals surface area contributed by atoms with Crippen molar-refractivity contribution in [1.29, 1.82) is 0 Å². The number of hydrogen-bond acceptors (Lipinski definition) is 5. The average Bonchev–Trinajstić information content (AvgIpc) is 3.01. The molecule has 0 aromatic carbocycles. The number of carbonyl (C=O) groups is 1. The molecule has 6 nitrogen and oxygen atoms in total. The zero-order valence-electron chi connectivity index (χ0n) is 13.0. The number of halogens is 1. The summed E-state index contributed by atoms with van der Waals surface area (Å²) in [6.07, 6.45) is 6.31. The predicted molar refractivity (Wildman–Crippen MR) is 87.1 cm³/mol. The summed E-state index contributed by atoms with van der Waals surface area (Å²) in [5.41, 5.74) is 5.60. The van der Waals surface area contributed by atoms with E-state index in [1.165, 1.54) is 6.20 Å². The third-order valence-electron chi connectivity index (χ3n) is 4.62. The van der Waals surface area contributed by atoms with E-state index in [9.17, 15) is 9.90 Å². The number of carboxylic acids is 1. The molecule has 1 unspecified atom stereocenters. The Balaban J connectivity index is 2.38. The van der Waals surface area contributed by atoms with E-state index in [0.29, 0.717) is 24.5 Å². The van der Waals surface area contributed by atoms with Gasteiger partial charge in [-0.15, -0.1) is 0 Å². The Hall–Kier alpha value is -1.56. The maximum absolute atomic E-state index is 11.7. The molecule has 0 bridgehead atoms. The first kappa shape index (κ1) is 16.8. The van der Waals surface area contributed by atoms with Crippen molar-refractivity contribution in [2.75, 3.05) is 17.2 Å². The summed E-state index contributed by atoms with van der Waals surface area (Å²) in [6, 6.07) is 0.249. The van der Waals surface area contributed by atoms with Crippen LogP contribution in [0.2, 0.25) is 5.28 Å². The van der Waals surface area contributed by atoms with Gasteiger partial charge in [0.2, 0.25) is 5.28 Å². The molecule has 2 rings (SSSR count). The lowest BCUT2D eigenvalue weighted by atomic mass is 9.86. The van der Waals surface area contributed by atoms with Crippen LogP contribution in [0.1, 0.15) is 46.0 Å². The highest BCUT2D eigenvalue weighted by Gasteiger charge is 2.37. The maximum Gasteiger partial charge on any atom is 0.311 e. The van der Waals surface area contributed by atoms with E-state index in [-0.39, 0.29) is 11.3 Å². The number of anilines is 2. The third kappa shape index (κ3) is 3.43. The van der Waals surface area contributed by atoms with Crippen LogP contribution in [0.3, 0.4) is 0 Å². The number of aliphatic carboxylic acids is 1. The van der Waals surface area contributed by atoms with Gasteiger partial charge in [0, 0.05) is 12.6 Å². The van der Waals surface area contributed by atoms with Gasteiger partial charge in [-0.2, -0.15) is 4.98 Å². The smallest absolute Gasteiger partial charge is 0.311 e. The van der Waals surface area contributed by atoms with Crippen LogP contribution in [0.25, 0.3) is 0 Å². The van der Waals surface area contributed by atoms with Crippen LogP contribution in [-0.2, 0) is 4.79 Å². The molecular formula is C15H23ClN4O2. The van der Waals surface area contributed by atoms with Gasteiger partial charge in [-0.3, -0.25) is 4.79 Å². The van der Waals surface area contributed by atoms with Crippen LogP contribution in [-0.4, -0.2) is 33.6 Å². The van der Waals surface area contributed by atoms with Crippen molar-refractivity contribution in [3.8, 4) is 0 Å². The van der Waals surface area contributed by atoms with Gasteiger partial charge < -0.3 is 15.7 Å². The summed E-state index contributed by atoms with van der Waals surface area (Å²) in [7, 11) is 0. The van der Waals surface area contributed by atoms with Crippen LogP contribution in [0.15, 0.2) is 6.20 Å². The molecule has 122 valence electrons. The quantitative estimate of drug-likeness (QED) is 0.781. The SMILES string of the molecule is CCC(C)(CN(c1nc(Cl)ncc1N)C1CCCC1)C(=O)O. The zero-order chi connectivity index (χ0) is 16.3. The van der Waals surface area contributed by atoms with E-state index >= 15 is 0 Å². The zero-order valence-corrected chi connectivity index (χ0v) is 13.8. The van der Waals surface area contributed by atoms with E-state index in [0.717, 1.165) is 25.7 Å². The molecule has 22 heavy (non-hydrogen) atoms. The van der Waals surface area contributed by atoms with Crippen molar-refractivity contribution >= 4 is 29.1 Å². The molecule has 1 aliphatic rings. The number of nitrogens with zero attached hydrogens (tertiary/aromatic N) is 3. The highest BCUT2D eigenvalue weighted by molar-refractivity contribution is 6.28. The van der Waals surface area contributed by atoms with Gasteiger partial charge in [0.15, 0.2) is 5.82 Å². The Morgan fingerprint density at radius 2 is 2.18 bits per heavy atom. The van der Waals surface area contributed by atoms with Gasteiger partial charge in [0.05, 0.1) is 17.3 Å². The Morgan fingerprint density at radius 1 is 1.55 bits per heavy atom. The first-order valence-corrected chi connectivity index (χ1v) is 8.03. The summed E-state index contributed by atoms with van der Waals surface area (Å²) in [6.45, 7) is 4.01. The number of nitrogens with two attached hydrogens (primary N) is 1. The largest absolute Gasteiger partial charge is 0.481 e. The molecule has 1 saturated carbocycles. The van der Waals surface area contributed by atoms with Gasteiger partial charge in [-0.05, 0) is 37.8 Å². The van der Waals surface area contributed by atoms with Gasteiger partial charge >= 0.3 is 5.97 Å². The number of rotatable bonds is 6. The lowest BCUT2D eigenvalue weighted by Gasteiger charge is -2.37. The van der Waals surface area contributed by atoms with Gasteiger partial charge in [0.25, 0.3) is 0 Å². The van der Waals surface area contributed by atoms with Crippen LogP contribution < -0.4 is 10.6 Å². The van der Waals surface area contributed by atoms with Crippen molar-refractivity contribution in [3.63, 3.8) is 0 Å². The summed E-state index contributed by atoms with van der Waals surface area (Å²) in [5, 5.41) is 9.70. The van der Waals surface area contributed by atoms with Crippen LogP contribution in [0.5, 0.6) is 0 Å². The van der Waals surface area contributed by atoms with Crippen molar-refractivity contribution in [2.24, 2.45) is 5.41 Å². The number of carboxylic acid groups (broad SMARTS) is 1. The van der Waals surface area contributed by atoms with Gasteiger partial charge in [-0.25, -0.2) is 4.98 Å². The molecule has 1 aromatic rings. The molecule has 7 heteroatoms. The standard InChI is InChI=1S/C15H23ClN4O2/c1-3-15(2,13(21)22)9-20(10-6-4-5-7-10)12-11(17)8-18-14(16)19-12/h8,10H,3-7,9,17H2,1-2H3,(H,21,22). The molecule has 3 N–H and O–H groups in total. The molecule has 0 aliphatic heterocycles. The molecule has 1 heterocycles. The number of nitrogen functional groups attached to an aromatic ring is 1. The summed E-state index contributed by atoms with van der Waals surface area (Å²) in [5.74, 6) is -0.260. The van der Waals surface area contributed by atoms with Crippen LogP contribution >= 0.6 is 11.6 Å². The second kappa shape index (κ2) is 6.69. The highest BCUT2D eigenvalue weighted by Crippen LogP contribution is 2.34. The monoisotopic (exact) mass is 326 g/mol. The van der Waals surface area contributed by atoms with Crippen molar-refractivity contribution in [2.45, 2.75) is 52.0 Å². The molecule has 1 atom stereocenters. The highest BCUT2D eigenvalue weighted by atomic mass is 35.5. The second-order valence-corrected chi connectivity index (χ2v) is 6.54. The topological polar surface area (TPSA) is 92.3 Å². The molecule has 0 radical (unpaired) electrons. The Labute approximate surface area is 135 Å². The lowest BCUT2D eigenvalue weighted by Crippen LogP contribution is -2.45. The van der Waals surface area contributed by atoms with Gasteiger partial charge in [0.1, 0.15) is 0 Å². The number of hydrogen-bond donors (Lipinski definition) is 2. The minimum Gasteiger partial charge on any atom is -0.481 e. The van der Waals surface area contributed by atoms with Gasteiger partial charge in [-0.1, -0.05) is 19.8 Å². The molecule has 0 saturated heterocycles. The van der Waals surface area contributed by atoms with Crippen molar-refractivity contribution in [1.82, 2.24) is 9.97 Å². The van der Waals surface area contributed by atoms with E-state index in [1.54, 1.807) is 6.92 Å². The summed E-state index contributed by atoms with van der Waals surface area (Å²) < 4.78 is 0. The molecule has 1 aromatic heterocycles. The van der Waals surface area contributed by atoms with E-state index in [4.69, 9.17) is 17.3 Å². The fourth-order valence-electron chi connectivity index (χ4n) is 2.89. The van der Waals surface area contributed by atoms with Crippen LogP contribution in [0, 0.1) is 5.41 Å². The average molecular weight is 327 g/mol. The van der Waals surface area contributed by atoms with E-state index < -0.39 is 11.4 Å². The summed E-state index contributed by atoms with van der Waals surface area (Å²) >= 11 is 5.91. The Morgan fingerprint density at radius 3 is 2.73 bits per heavy atom. The molecule has 1 aliphatic carbocycles. The first-order valence-electron chi connectivity index (χ1n) is 7.65. The fraction of sp³-hybridized carbons (Fsp3) is 0.667. The number of aromatic nitrogens is 2. The molecule has 0 amide bonds. The second-order valence-electron chi connectivity index (χ2n) is 6.20. The third-order valence-corrected chi connectivity index (χ3v) is 4.80. The summed E-state index contributed by atoms with van der Waals surface area (Å²) in [4.78, 5) is 21.8. The first-order chi connectivity index (χ1) is 10.4. The predicted octanol–water partition coefficient (Wildman–Crippen LogP) is 2.96. The normalized spacial score (nSPS) is 18.1.